The molecule has 0 bridgehead atoms. The van der Waals surface area contributed by atoms with E-state index in [2.05, 4.69) is 14.7 Å². The van der Waals surface area contributed by atoms with Crippen LogP contribution in [0, 0.1) is 0 Å². The Morgan fingerprint density at radius 3 is 2.53 bits per heavy atom. The zero-order valence-corrected chi connectivity index (χ0v) is 10.2. The third-order valence-electron chi connectivity index (χ3n) is 1.77. The lowest BCUT2D eigenvalue weighted by Gasteiger charge is -2.04. The molecule has 0 spiro atoms. The average Bonchev–Trinajstić information content (AvgIpc) is 2.25. The molecule has 1 aromatic heterocycles. The molecule has 0 aliphatic heterocycles. The number of carboxylic acid groups (broad SMARTS) is 1. The molecular formula is C8H10ClN3O4S. The molecule has 0 amide bonds. The summed E-state index contributed by atoms with van der Waals surface area (Å²) in [4.78, 5) is 17.2. The Hall–Kier alpha value is -1.25. The van der Waals surface area contributed by atoms with Crippen LogP contribution in [0.3, 0.4) is 0 Å². The fourth-order valence-corrected chi connectivity index (χ4v) is 2.03. The minimum absolute atomic E-state index is 0.0389. The van der Waals surface area contributed by atoms with Gasteiger partial charge in [0.15, 0.2) is 0 Å². The number of halogens is 1. The minimum Gasteiger partial charge on any atom is -0.481 e. The van der Waals surface area contributed by atoms with E-state index < -0.39 is 16.0 Å². The first-order chi connectivity index (χ1) is 7.92. The van der Waals surface area contributed by atoms with E-state index in [0.717, 1.165) is 12.4 Å². The number of hydrogen-bond acceptors (Lipinski definition) is 5. The quantitative estimate of drug-likeness (QED) is 0.571. The topological polar surface area (TPSA) is 109 Å². The van der Waals surface area contributed by atoms with Crippen molar-refractivity contribution >= 4 is 27.6 Å². The Bertz CT molecular complexity index is 488. The lowest BCUT2D eigenvalue weighted by atomic mass is 10.3. The molecule has 17 heavy (non-hydrogen) atoms. The maximum atomic E-state index is 11.6. The number of hydrogen-bond donors (Lipinski definition) is 2. The van der Waals surface area contributed by atoms with Crippen LogP contribution in [-0.4, -0.2) is 36.0 Å². The molecule has 0 aliphatic carbocycles. The van der Waals surface area contributed by atoms with Crippen molar-refractivity contribution in [1.82, 2.24) is 14.7 Å². The second-order valence-corrected chi connectivity index (χ2v) is 5.19. The molecule has 1 rings (SSSR count). The normalized spacial score (nSPS) is 11.4. The predicted octanol–water partition coefficient (Wildman–Crippen LogP) is 0.273. The standard InChI is InChI=1S/C8H10ClN3O4S/c9-8-10-4-6(5-11-8)17(15,16)12-3-1-2-7(13)14/h4-5,12H,1-3H2,(H,13,14). The lowest BCUT2D eigenvalue weighted by molar-refractivity contribution is -0.137. The molecule has 0 unspecified atom stereocenters. The van der Waals surface area contributed by atoms with E-state index in [1.165, 1.54) is 0 Å². The van der Waals surface area contributed by atoms with Crippen LogP contribution in [0.1, 0.15) is 12.8 Å². The van der Waals surface area contributed by atoms with E-state index in [1.807, 2.05) is 0 Å². The van der Waals surface area contributed by atoms with Gasteiger partial charge >= 0.3 is 5.97 Å². The maximum Gasteiger partial charge on any atom is 0.303 e. The Balaban J connectivity index is 2.57. The Kier molecular flexibility index (Phi) is 4.79. The lowest BCUT2D eigenvalue weighted by Crippen LogP contribution is -2.25. The van der Waals surface area contributed by atoms with Gasteiger partial charge in [-0.15, -0.1) is 0 Å². The molecule has 0 aliphatic rings. The highest BCUT2D eigenvalue weighted by Gasteiger charge is 2.14. The summed E-state index contributed by atoms with van der Waals surface area (Å²) in [5.41, 5.74) is 0. The fraction of sp³-hybridized carbons (Fsp3) is 0.375. The second-order valence-electron chi connectivity index (χ2n) is 3.08. The summed E-state index contributed by atoms with van der Waals surface area (Å²) < 4.78 is 25.4. The highest BCUT2D eigenvalue weighted by Crippen LogP contribution is 2.07. The number of nitrogens with zero attached hydrogens (tertiary/aromatic N) is 2. The Morgan fingerprint density at radius 2 is 2.00 bits per heavy atom. The van der Waals surface area contributed by atoms with Gasteiger partial charge in [-0.3, -0.25) is 4.79 Å². The number of sulfonamides is 1. The van der Waals surface area contributed by atoms with Crippen molar-refractivity contribution in [3.05, 3.63) is 17.7 Å². The van der Waals surface area contributed by atoms with Gasteiger partial charge in [-0.2, -0.15) is 0 Å². The summed E-state index contributed by atoms with van der Waals surface area (Å²) in [5, 5.41) is 8.33. The van der Waals surface area contributed by atoms with Gasteiger partial charge in [-0.05, 0) is 18.0 Å². The first kappa shape index (κ1) is 13.8. The molecular weight excluding hydrogens is 270 g/mol. The SMILES string of the molecule is O=C(O)CCCNS(=O)(=O)c1cnc(Cl)nc1. The summed E-state index contributed by atoms with van der Waals surface area (Å²) in [6.45, 7) is 0.0389. The van der Waals surface area contributed by atoms with E-state index in [0.29, 0.717) is 0 Å². The summed E-state index contributed by atoms with van der Waals surface area (Å²) in [5.74, 6) is -0.973. The van der Waals surface area contributed by atoms with Crippen molar-refractivity contribution in [1.29, 1.82) is 0 Å². The van der Waals surface area contributed by atoms with Crippen LogP contribution in [0.5, 0.6) is 0 Å². The Labute approximate surface area is 103 Å². The van der Waals surface area contributed by atoms with Crippen LogP contribution in [-0.2, 0) is 14.8 Å². The van der Waals surface area contributed by atoms with Gasteiger partial charge in [-0.1, -0.05) is 0 Å². The monoisotopic (exact) mass is 279 g/mol. The zero-order valence-electron chi connectivity index (χ0n) is 8.63. The molecule has 94 valence electrons. The van der Waals surface area contributed by atoms with Crippen molar-refractivity contribution in [2.45, 2.75) is 17.7 Å². The van der Waals surface area contributed by atoms with Gasteiger partial charge in [0.1, 0.15) is 4.90 Å². The van der Waals surface area contributed by atoms with E-state index in [4.69, 9.17) is 16.7 Å². The zero-order chi connectivity index (χ0) is 12.9. The molecule has 9 heteroatoms. The van der Waals surface area contributed by atoms with Crippen LogP contribution in [0.15, 0.2) is 17.3 Å². The van der Waals surface area contributed by atoms with E-state index in [1.54, 1.807) is 0 Å². The number of aromatic nitrogens is 2. The van der Waals surface area contributed by atoms with Gasteiger partial charge in [-0.25, -0.2) is 23.1 Å². The number of aliphatic carboxylic acids is 1. The van der Waals surface area contributed by atoms with Crippen LogP contribution < -0.4 is 4.72 Å². The molecule has 2 N–H and O–H groups in total. The average molecular weight is 280 g/mol. The highest BCUT2D eigenvalue weighted by molar-refractivity contribution is 7.89. The van der Waals surface area contributed by atoms with Gasteiger partial charge in [0.2, 0.25) is 15.3 Å². The largest absolute Gasteiger partial charge is 0.481 e. The second kappa shape index (κ2) is 5.89. The van der Waals surface area contributed by atoms with Crippen LogP contribution in [0.25, 0.3) is 0 Å². The van der Waals surface area contributed by atoms with Crippen molar-refractivity contribution < 1.29 is 18.3 Å². The summed E-state index contributed by atoms with van der Waals surface area (Å²) in [6, 6.07) is 0. The fourth-order valence-electron chi connectivity index (χ4n) is 0.969. The molecule has 7 nitrogen and oxygen atoms in total. The van der Waals surface area contributed by atoms with Crippen LogP contribution in [0.2, 0.25) is 5.28 Å². The van der Waals surface area contributed by atoms with Crippen molar-refractivity contribution in [3.63, 3.8) is 0 Å². The van der Waals surface area contributed by atoms with Gasteiger partial charge in [0.25, 0.3) is 0 Å². The molecule has 0 atom stereocenters. The van der Waals surface area contributed by atoms with E-state index in [9.17, 15) is 13.2 Å². The third kappa shape index (κ3) is 4.63. The van der Waals surface area contributed by atoms with Crippen LogP contribution >= 0.6 is 11.6 Å². The summed E-state index contributed by atoms with van der Waals surface area (Å²) >= 11 is 5.42. The van der Waals surface area contributed by atoms with E-state index in [-0.39, 0.29) is 29.6 Å². The molecule has 0 saturated heterocycles. The van der Waals surface area contributed by atoms with Crippen molar-refractivity contribution in [3.8, 4) is 0 Å². The highest BCUT2D eigenvalue weighted by atomic mass is 35.5. The minimum atomic E-state index is -3.70. The molecule has 0 radical (unpaired) electrons. The molecule has 0 saturated carbocycles. The summed E-state index contributed by atoms with van der Waals surface area (Å²) in [7, 11) is -3.70. The first-order valence-corrected chi connectivity index (χ1v) is 6.47. The molecule has 1 aromatic rings. The number of carbonyl (C=O) groups is 1. The van der Waals surface area contributed by atoms with Crippen molar-refractivity contribution in [2.75, 3.05) is 6.54 Å². The number of nitrogens with one attached hydrogen (secondary N) is 1. The van der Waals surface area contributed by atoms with Gasteiger partial charge < -0.3 is 5.11 Å². The van der Waals surface area contributed by atoms with E-state index >= 15 is 0 Å². The first-order valence-electron chi connectivity index (χ1n) is 4.61. The number of carboxylic acids is 1. The molecule has 1 heterocycles. The summed E-state index contributed by atoms with van der Waals surface area (Å²) in [6.07, 6.45) is 2.27. The van der Waals surface area contributed by atoms with Gasteiger partial charge in [0, 0.05) is 13.0 Å². The number of rotatable bonds is 6. The maximum absolute atomic E-state index is 11.6. The smallest absolute Gasteiger partial charge is 0.303 e. The molecule has 0 aromatic carbocycles. The molecule has 0 fully saturated rings. The Morgan fingerprint density at radius 1 is 1.41 bits per heavy atom. The predicted molar refractivity (Wildman–Crippen MR) is 59.1 cm³/mol. The van der Waals surface area contributed by atoms with Crippen molar-refractivity contribution in [2.24, 2.45) is 0 Å². The van der Waals surface area contributed by atoms with Gasteiger partial charge in [0.05, 0.1) is 12.4 Å². The third-order valence-corrected chi connectivity index (χ3v) is 3.38. The van der Waals surface area contributed by atoms with Crippen LogP contribution in [0.4, 0.5) is 0 Å².